The van der Waals surface area contributed by atoms with Gasteiger partial charge in [0.2, 0.25) is 11.8 Å². The number of nitrogens with zero attached hydrogens (tertiary/aromatic N) is 4. The van der Waals surface area contributed by atoms with Crippen LogP contribution in [-0.4, -0.2) is 44.8 Å². The first-order valence-electron chi connectivity index (χ1n) is 14.3. The van der Waals surface area contributed by atoms with Crippen molar-refractivity contribution in [2.75, 3.05) is 11.9 Å². The van der Waals surface area contributed by atoms with Crippen molar-refractivity contribution in [3.8, 4) is 22.7 Å². The number of unbranched alkanes of at least 4 members (excludes halogenated alkanes) is 1. The second-order valence-electron chi connectivity index (χ2n) is 10.4. The number of thioether (sulfide) groups is 1. The molecule has 1 fully saturated rings. The minimum atomic E-state index is -0.632. The van der Waals surface area contributed by atoms with Gasteiger partial charge in [0, 0.05) is 29.4 Å². The molecule has 44 heavy (non-hydrogen) atoms. The molecule has 0 bridgehead atoms. The van der Waals surface area contributed by atoms with Crippen LogP contribution in [0.15, 0.2) is 83.1 Å². The van der Waals surface area contributed by atoms with Gasteiger partial charge >= 0.3 is 0 Å². The van der Waals surface area contributed by atoms with E-state index in [2.05, 4.69) is 20.8 Å². The first kappa shape index (κ1) is 30.7. The first-order chi connectivity index (χ1) is 21.3. The summed E-state index contributed by atoms with van der Waals surface area (Å²) in [5.74, 6) is -0.860. The summed E-state index contributed by atoms with van der Waals surface area (Å²) in [6.07, 6.45) is 5.06. The van der Waals surface area contributed by atoms with Crippen LogP contribution in [0.2, 0.25) is 0 Å². The molecule has 5 rings (SSSR count). The third-order valence-electron chi connectivity index (χ3n) is 6.87. The van der Waals surface area contributed by atoms with E-state index < -0.39 is 11.1 Å². The van der Waals surface area contributed by atoms with Crippen molar-refractivity contribution in [1.82, 2.24) is 15.1 Å². The summed E-state index contributed by atoms with van der Waals surface area (Å²) in [6.45, 7) is 6.40. The highest BCUT2D eigenvalue weighted by Gasteiger charge is 2.32. The second kappa shape index (κ2) is 14.1. The standard InChI is InChI=1S/C33H33FN6O3S/c1-4-5-15-43-28-14-12-23(17-26(28)34)31-24(20-40(39-31)25-9-7-6-8-10-25)19-35-38-33-37-32(42)29(44-33)18-30(41)36-27-13-11-21(2)16-22(27)3/h6-14,16-17,19-20,29H,4-5,15,18H2,1-3H3,(H,36,41)(H,37,38,42)/b35-19-/t29-/m1/s1. The van der Waals surface area contributed by atoms with Gasteiger partial charge in [-0.25, -0.2) is 9.07 Å². The third-order valence-corrected chi connectivity index (χ3v) is 7.94. The van der Waals surface area contributed by atoms with Crippen LogP contribution in [0, 0.1) is 19.7 Å². The topological polar surface area (TPSA) is 110 Å². The smallest absolute Gasteiger partial charge is 0.240 e. The fourth-order valence-electron chi connectivity index (χ4n) is 4.56. The zero-order valence-electron chi connectivity index (χ0n) is 24.7. The Hall–Kier alpha value is -4.77. The lowest BCUT2D eigenvalue weighted by Gasteiger charge is -2.10. The Kier molecular flexibility index (Phi) is 9.86. The van der Waals surface area contributed by atoms with Crippen LogP contribution in [0.1, 0.15) is 42.9 Å². The van der Waals surface area contributed by atoms with Gasteiger partial charge in [-0.15, -0.1) is 5.10 Å². The number of para-hydroxylation sites is 1. The number of amidine groups is 1. The number of hydrogen-bond donors (Lipinski definition) is 2. The monoisotopic (exact) mass is 612 g/mol. The molecule has 2 heterocycles. The van der Waals surface area contributed by atoms with Crippen LogP contribution < -0.4 is 15.4 Å². The lowest BCUT2D eigenvalue weighted by molar-refractivity contribution is -0.122. The van der Waals surface area contributed by atoms with Crippen molar-refractivity contribution in [2.45, 2.75) is 45.3 Å². The average molecular weight is 613 g/mol. The largest absolute Gasteiger partial charge is 0.491 e. The number of anilines is 1. The molecule has 2 N–H and O–H groups in total. The quantitative estimate of drug-likeness (QED) is 0.115. The number of carbonyl (C=O) groups excluding carboxylic acids is 2. The number of aromatic nitrogens is 2. The molecule has 11 heteroatoms. The van der Waals surface area contributed by atoms with Crippen molar-refractivity contribution in [3.05, 3.63) is 95.4 Å². The molecule has 0 spiro atoms. The molecule has 0 aliphatic carbocycles. The fourth-order valence-corrected chi connectivity index (χ4v) is 5.49. The zero-order valence-corrected chi connectivity index (χ0v) is 25.5. The molecule has 0 radical (unpaired) electrons. The van der Waals surface area contributed by atoms with Crippen LogP contribution >= 0.6 is 11.8 Å². The lowest BCUT2D eigenvalue weighted by atomic mass is 10.1. The molecule has 1 saturated heterocycles. The summed E-state index contributed by atoms with van der Waals surface area (Å²) in [5.41, 5.74) is 5.23. The maximum absolute atomic E-state index is 14.9. The maximum Gasteiger partial charge on any atom is 0.240 e. The van der Waals surface area contributed by atoms with Crippen LogP contribution in [-0.2, 0) is 9.59 Å². The van der Waals surface area contributed by atoms with Gasteiger partial charge in [0.1, 0.15) is 10.9 Å². The van der Waals surface area contributed by atoms with E-state index in [0.29, 0.717) is 29.1 Å². The van der Waals surface area contributed by atoms with Crippen LogP contribution in [0.3, 0.4) is 0 Å². The Morgan fingerprint density at radius 3 is 2.73 bits per heavy atom. The number of carbonyl (C=O) groups is 2. The predicted molar refractivity (Wildman–Crippen MR) is 173 cm³/mol. The summed E-state index contributed by atoms with van der Waals surface area (Å²) in [7, 11) is 0. The van der Waals surface area contributed by atoms with Crippen LogP contribution in [0.4, 0.5) is 10.1 Å². The number of benzene rings is 3. The normalized spacial score (nSPS) is 15.6. The molecular formula is C33H33FN6O3S. The minimum absolute atomic E-state index is 0.00966. The van der Waals surface area contributed by atoms with E-state index in [1.54, 1.807) is 23.0 Å². The Bertz CT molecular complexity index is 1720. The van der Waals surface area contributed by atoms with E-state index in [9.17, 15) is 14.0 Å². The van der Waals surface area contributed by atoms with Crippen LogP contribution in [0.5, 0.6) is 5.75 Å². The zero-order chi connectivity index (χ0) is 31.1. The summed E-state index contributed by atoms with van der Waals surface area (Å²) < 4.78 is 22.2. The number of ether oxygens (including phenoxy) is 1. The Morgan fingerprint density at radius 2 is 1.98 bits per heavy atom. The molecule has 4 aromatic rings. The minimum Gasteiger partial charge on any atom is -0.491 e. The molecule has 2 amide bonds. The van der Waals surface area contributed by atoms with Crippen molar-refractivity contribution < 1.29 is 18.7 Å². The van der Waals surface area contributed by atoms with Gasteiger partial charge in [-0.1, -0.05) is 61.0 Å². The molecule has 1 atom stereocenters. The number of rotatable bonds is 11. The van der Waals surface area contributed by atoms with E-state index in [1.165, 1.54) is 12.3 Å². The number of halogens is 1. The van der Waals surface area contributed by atoms with Gasteiger partial charge < -0.3 is 15.4 Å². The fraction of sp³-hybridized carbons (Fsp3) is 0.242. The number of aryl methyl sites for hydroxylation is 2. The second-order valence-corrected chi connectivity index (χ2v) is 11.6. The van der Waals surface area contributed by atoms with Gasteiger partial charge in [-0.2, -0.15) is 10.2 Å². The van der Waals surface area contributed by atoms with Gasteiger partial charge in [0.05, 0.1) is 18.5 Å². The Balaban J connectivity index is 1.31. The summed E-state index contributed by atoms with van der Waals surface area (Å²) in [4.78, 5) is 25.2. The van der Waals surface area contributed by atoms with Crippen molar-refractivity contribution in [1.29, 1.82) is 0 Å². The highest BCUT2D eigenvalue weighted by atomic mass is 32.2. The lowest BCUT2D eigenvalue weighted by Crippen LogP contribution is -2.28. The summed E-state index contributed by atoms with van der Waals surface area (Å²) >= 11 is 1.14. The van der Waals surface area contributed by atoms with E-state index in [4.69, 9.17) is 9.84 Å². The van der Waals surface area contributed by atoms with E-state index >= 15 is 0 Å². The SMILES string of the molecule is CCCCOc1ccc(-c2nn(-c3ccccc3)cc2/C=N\N=C2\NC(=O)[C@@H](CC(=O)Nc3ccc(C)cc3C)S2)cc1F. The maximum atomic E-state index is 14.9. The predicted octanol–water partition coefficient (Wildman–Crippen LogP) is 6.42. The number of hydrogen-bond acceptors (Lipinski definition) is 7. The molecule has 9 nitrogen and oxygen atoms in total. The molecule has 1 aliphatic rings. The molecule has 0 unspecified atom stereocenters. The third kappa shape index (κ3) is 7.59. The Labute approximate surface area is 259 Å². The Morgan fingerprint density at radius 1 is 1.16 bits per heavy atom. The van der Waals surface area contributed by atoms with Gasteiger partial charge in [-0.05, 0) is 62.2 Å². The molecular weight excluding hydrogens is 579 g/mol. The summed E-state index contributed by atoms with van der Waals surface area (Å²) in [6, 6.07) is 20.0. The molecule has 1 aromatic heterocycles. The van der Waals surface area contributed by atoms with E-state index in [-0.39, 0.29) is 29.2 Å². The first-order valence-corrected chi connectivity index (χ1v) is 15.2. The van der Waals surface area contributed by atoms with E-state index in [0.717, 1.165) is 41.4 Å². The number of amides is 2. The summed E-state index contributed by atoms with van der Waals surface area (Å²) in [5, 5.41) is 18.3. The number of nitrogens with one attached hydrogen (secondary N) is 2. The van der Waals surface area contributed by atoms with Crippen molar-refractivity contribution in [2.24, 2.45) is 10.2 Å². The van der Waals surface area contributed by atoms with Crippen molar-refractivity contribution >= 4 is 40.6 Å². The van der Waals surface area contributed by atoms with Crippen molar-refractivity contribution in [3.63, 3.8) is 0 Å². The molecule has 1 aliphatic heterocycles. The molecule has 0 saturated carbocycles. The van der Waals surface area contributed by atoms with Crippen LogP contribution in [0.25, 0.3) is 16.9 Å². The molecule has 3 aromatic carbocycles. The highest BCUT2D eigenvalue weighted by molar-refractivity contribution is 8.15. The molecule has 226 valence electrons. The van der Waals surface area contributed by atoms with Gasteiger partial charge in [0.15, 0.2) is 16.7 Å². The average Bonchev–Trinajstić information content (AvgIpc) is 3.59. The van der Waals surface area contributed by atoms with Gasteiger partial charge in [0.25, 0.3) is 0 Å². The van der Waals surface area contributed by atoms with E-state index in [1.807, 2.05) is 69.3 Å². The van der Waals surface area contributed by atoms with Gasteiger partial charge in [-0.3, -0.25) is 9.59 Å². The highest BCUT2D eigenvalue weighted by Crippen LogP contribution is 2.28.